The van der Waals surface area contributed by atoms with Gasteiger partial charge in [-0.2, -0.15) is 0 Å². The number of thiophene rings is 1. The van der Waals surface area contributed by atoms with Crippen molar-refractivity contribution in [3.63, 3.8) is 0 Å². The van der Waals surface area contributed by atoms with Crippen molar-refractivity contribution in [2.24, 2.45) is 5.92 Å². The maximum atomic E-state index is 12.8. The minimum absolute atomic E-state index is 0.277. The molecule has 8 heteroatoms. The zero-order valence-electron chi connectivity index (χ0n) is 17.8. The minimum atomic E-state index is -0.342. The standard InChI is InChI=1S/C23H25N3O3S2/c1-13-8-9-19-16(10-13)11-21(31-19)23(28)25-24-22(27)17-6-4-5-7-20(17)30-12-18-14(2)26-29-15(18)3/h4-7,11,13H,8-10,12H2,1-3H3,(H,24,27)(H,25,28). The quantitative estimate of drug-likeness (QED) is 0.425. The van der Waals surface area contributed by atoms with Gasteiger partial charge < -0.3 is 4.52 Å². The van der Waals surface area contributed by atoms with Crippen LogP contribution in [0, 0.1) is 19.8 Å². The zero-order chi connectivity index (χ0) is 22.0. The van der Waals surface area contributed by atoms with E-state index in [-0.39, 0.29) is 11.8 Å². The van der Waals surface area contributed by atoms with E-state index in [1.54, 1.807) is 6.07 Å². The van der Waals surface area contributed by atoms with Crippen LogP contribution in [0.15, 0.2) is 39.8 Å². The number of hydrogen-bond acceptors (Lipinski definition) is 6. The first-order chi connectivity index (χ1) is 14.9. The van der Waals surface area contributed by atoms with E-state index in [9.17, 15) is 9.59 Å². The van der Waals surface area contributed by atoms with Crippen LogP contribution in [0.3, 0.4) is 0 Å². The second kappa shape index (κ2) is 9.28. The Labute approximate surface area is 189 Å². The average molecular weight is 456 g/mol. The third-order valence-corrected chi connectivity index (χ3v) is 7.86. The van der Waals surface area contributed by atoms with Crippen LogP contribution in [-0.4, -0.2) is 17.0 Å². The monoisotopic (exact) mass is 455 g/mol. The molecule has 0 saturated heterocycles. The van der Waals surface area contributed by atoms with Crippen molar-refractivity contribution < 1.29 is 14.1 Å². The molecule has 1 atom stereocenters. The summed E-state index contributed by atoms with van der Waals surface area (Å²) in [5.41, 5.74) is 8.80. The van der Waals surface area contributed by atoms with Crippen molar-refractivity contribution in [1.29, 1.82) is 0 Å². The van der Waals surface area contributed by atoms with Gasteiger partial charge in [0.25, 0.3) is 11.8 Å². The summed E-state index contributed by atoms with van der Waals surface area (Å²) >= 11 is 3.06. The lowest BCUT2D eigenvalue weighted by Gasteiger charge is -2.16. The van der Waals surface area contributed by atoms with Gasteiger partial charge >= 0.3 is 0 Å². The molecule has 3 aromatic rings. The number of carbonyl (C=O) groups is 2. The van der Waals surface area contributed by atoms with E-state index in [1.807, 2.05) is 38.1 Å². The Morgan fingerprint density at radius 2 is 2.00 bits per heavy atom. The van der Waals surface area contributed by atoms with Crippen LogP contribution in [0.25, 0.3) is 0 Å². The highest BCUT2D eigenvalue weighted by Gasteiger charge is 2.21. The third-order valence-electron chi connectivity index (χ3n) is 5.53. The molecule has 1 aliphatic carbocycles. The molecular formula is C23H25N3O3S2. The Balaban J connectivity index is 1.39. The number of nitrogens with one attached hydrogen (secondary N) is 2. The van der Waals surface area contributed by atoms with E-state index in [1.165, 1.54) is 33.5 Å². The lowest BCUT2D eigenvalue weighted by atomic mass is 9.90. The molecule has 1 unspecified atom stereocenters. The van der Waals surface area contributed by atoms with Gasteiger partial charge in [0.1, 0.15) is 5.76 Å². The Morgan fingerprint density at radius 3 is 2.77 bits per heavy atom. The summed E-state index contributed by atoms with van der Waals surface area (Å²) < 4.78 is 5.22. The van der Waals surface area contributed by atoms with Crippen LogP contribution in [0.1, 0.15) is 60.8 Å². The SMILES string of the molecule is Cc1noc(C)c1CSc1ccccc1C(=O)NNC(=O)c1cc2c(s1)CCC(C)C2. The number of rotatable bonds is 5. The fourth-order valence-corrected chi connectivity index (χ4v) is 6.00. The second-order valence-corrected chi connectivity index (χ2v) is 10.1. The first kappa shape index (κ1) is 21.6. The largest absolute Gasteiger partial charge is 0.361 e. The molecule has 31 heavy (non-hydrogen) atoms. The van der Waals surface area contributed by atoms with Gasteiger partial charge in [0, 0.05) is 21.1 Å². The molecule has 0 radical (unpaired) electrons. The smallest absolute Gasteiger partial charge is 0.279 e. The summed E-state index contributed by atoms with van der Waals surface area (Å²) in [5, 5.41) is 3.98. The molecule has 2 aromatic heterocycles. The fraction of sp³-hybridized carbons (Fsp3) is 0.348. The summed E-state index contributed by atoms with van der Waals surface area (Å²) in [5.74, 6) is 1.47. The number of hydrazine groups is 1. The predicted molar refractivity (Wildman–Crippen MR) is 122 cm³/mol. The highest BCUT2D eigenvalue weighted by atomic mass is 32.2. The Kier molecular flexibility index (Phi) is 6.48. The fourth-order valence-electron chi connectivity index (χ4n) is 3.70. The number of thioether (sulfide) groups is 1. The van der Waals surface area contributed by atoms with Gasteiger partial charge in [-0.25, -0.2) is 0 Å². The molecule has 2 amide bonds. The van der Waals surface area contributed by atoms with E-state index >= 15 is 0 Å². The van der Waals surface area contributed by atoms with Gasteiger partial charge in [0.15, 0.2) is 0 Å². The molecule has 2 heterocycles. The van der Waals surface area contributed by atoms with Crippen molar-refractivity contribution in [2.45, 2.75) is 50.7 Å². The topological polar surface area (TPSA) is 84.2 Å². The van der Waals surface area contributed by atoms with Crippen molar-refractivity contribution in [2.75, 3.05) is 0 Å². The molecule has 4 rings (SSSR count). The number of carbonyl (C=O) groups excluding carboxylic acids is 2. The van der Waals surface area contributed by atoms with Crippen LogP contribution in [0.5, 0.6) is 0 Å². The summed E-state index contributed by atoms with van der Waals surface area (Å²) in [6.45, 7) is 6.03. The number of amides is 2. The van der Waals surface area contributed by atoms with Crippen LogP contribution >= 0.6 is 23.1 Å². The minimum Gasteiger partial charge on any atom is -0.361 e. The number of hydrogen-bond donors (Lipinski definition) is 2. The normalized spacial score (nSPS) is 15.4. The lowest BCUT2D eigenvalue weighted by molar-refractivity contribution is 0.0847. The average Bonchev–Trinajstić information content (AvgIpc) is 3.33. The highest BCUT2D eigenvalue weighted by Crippen LogP contribution is 2.32. The van der Waals surface area contributed by atoms with Crippen LogP contribution in [-0.2, 0) is 18.6 Å². The Morgan fingerprint density at radius 1 is 1.23 bits per heavy atom. The summed E-state index contributed by atoms with van der Waals surface area (Å²) in [4.78, 5) is 28.1. The van der Waals surface area contributed by atoms with Crippen molar-refractivity contribution in [3.8, 4) is 0 Å². The number of benzene rings is 1. The molecule has 0 fully saturated rings. The summed E-state index contributed by atoms with van der Waals surface area (Å²) in [6.07, 6.45) is 3.20. The lowest BCUT2D eigenvalue weighted by Crippen LogP contribution is -2.41. The van der Waals surface area contributed by atoms with Crippen LogP contribution in [0.2, 0.25) is 0 Å². The van der Waals surface area contributed by atoms with E-state index in [2.05, 4.69) is 22.9 Å². The first-order valence-electron chi connectivity index (χ1n) is 10.3. The molecule has 0 saturated carbocycles. The summed E-state index contributed by atoms with van der Waals surface area (Å²) in [7, 11) is 0. The van der Waals surface area contributed by atoms with E-state index in [0.717, 1.165) is 41.2 Å². The molecule has 0 bridgehead atoms. The van der Waals surface area contributed by atoms with Crippen molar-refractivity contribution in [1.82, 2.24) is 16.0 Å². The Bertz CT molecular complexity index is 1100. The first-order valence-corrected chi connectivity index (χ1v) is 12.1. The molecule has 162 valence electrons. The van der Waals surface area contributed by atoms with E-state index in [0.29, 0.717) is 22.1 Å². The van der Waals surface area contributed by atoms with Gasteiger partial charge in [-0.1, -0.05) is 24.2 Å². The molecule has 1 aromatic carbocycles. The van der Waals surface area contributed by atoms with Gasteiger partial charge in [0.2, 0.25) is 0 Å². The number of fused-ring (bicyclic) bond motifs is 1. The van der Waals surface area contributed by atoms with Crippen LogP contribution < -0.4 is 10.9 Å². The van der Waals surface area contributed by atoms with Gasteiger partial charge in [-0.15, -0.1) is 23.1 Å². The maximum absolute atomic E-state index is 12.8. The van der Waals surface area contributed by atoms with E-state index < -0.39 is 0 Å². The third kappa shape index (κ3) is 4.85. The molecular weight excluding hydrogens is 430 g/mol. The van der Waals surface area contributed by atoms with Gasteiger partial charge in [-0.3, -0.25) is 20.4 Å². The number of aromatic nitrogens is 1. The van der Waals surface area contributed by atoms with Crippen molar-refractivity contribution in [3.05, 3.63) is 68.2 Å². The van der Waals surface area contributed by atoms with Crippen LogP contribution in [0.4, 0.5) is 0 Å². The number of nitrogens with zero attached hydrogens (tertiary/aromatic N) is 1. The highest BCUT2D eigenvalue weighted by molar-refractivity contribution is 7.98. The number of aryl methyl sites for hydroxylation is 3. The molecule has 0 spiro atoms. The van der Waals surface area contributed by atoms with Gasteiger partial charge in [0.05, 0.1) is 16.1 Å². The molecule has 0 aliphatic heterocycles. The Hall–Kier alpha value is -2.58. The molecule has 2 N–H and O–H groups in total. The second-order valence-electron chi connectivity index (χ2n) is 7.90. The zero-order valence-corrected chi connectivity index (χ0v) is 19.4. The predicted octanol–water partition coefficient (Wildman–Crippen LogP) is 4.84. The van der Waals surface area contributed by atoms with Gasteiger partial charge in [-0.05, 0) is 62.8 Å². The summed E-state index contributed by atoms with van der Waals surface area (Å²) in [6, 6.07) is 9.31. The molecule has 1 aliphatic rings. The van der Waals surface area contributed by atoms with Crippen molar-refractivity contribution >= 4 is 34.9 Å². The maximum Gasteiger partial charge on any atom is 0.279 e. The van der Waals surface area contributed by atoms with E-state index in [4.69, 9.17) is 4.52 Å². The molecule has 6 nitrogen and oxygen atoms in total.